The van der Waals surface area contributed by atoms with Gasteiger partial charge in [0.1, 0.15) is 24.7 Å². The zero-order valence-electron chi connectivity index (χ0n) is 28.9. The molecule has 1 aliphatic heterocycles. The minimum Gasteiger partial charge on any atom is -0.494 e. The van der Waals surface area contributed by atoms with E-state index in [1.807, 2.05) is 24.3 Å². The minimum atomic E-state index is -4.87. The standard InChI is InChI=1S/C42H43F3O7/c1-2-25-47-48-27-10-26-46-32-19-21-33(22-20-32)52-49-28-41(42(43,44)45,31-13-4-3-5-14-31)40-50-36-23-17-29-11-6-8-15-34(29)38(36)39-35-16-9-7-12-30(35)18-24-37(39)51-40/h2-6,8,11,13-15,18-22,24,36,38,40H,1,7,9-10,12,16-17,23,25-28H2/t36-,38+,40?,41+/m1/s1. The van der Waals surface area contributed by atoms with Gasteiger partial charge >= 0.3 is 6.18 Å². The highest BCUT2D eigenvalue weighted by Crippen LogP contribution is 2.53. The Balaban J connectivity index is 1.17. The molecule has 0 saturated heterocycles. The van der Waals surface area contributed by atoms with Gasteiger partial charge in [0.05, 0.1) is 19.3 Å². The molecule has 4 aromatic carbocycles. The highest BCUT2D eigenvalue weighted by atomic mass is 19.4. The Kier molecular flexibility index (Phi) is 11.2. The fourth-order valence-corrected chi connectivity index (χ4v) is 7.66. The number of halogens is 3. The van der Waals surface area contributed by atoms with E-state index in [1.165, 1.54) is 28.8 Å². The molecule has 0 radical (unpaired) electrons. The zero-order chi connectivity index (χ0) is 36.0. The lowest BCUT2D eigenvalue weighted by molar-refractivity contribution is -0.317. The number of hydrogen-bond donors (Lipinski definition) is 0. The monoisotopic (exact) mass is 716 g/mol. The van der Waals surface area contributed by atoms with Crippen LogP contribution in [0.5, 0.6) is 17.2 Å². The summed E-state index contributed by atoms with van der Waals surface area (Å²) in [5.41, 5.74) is 2.82. The normalized spacial score (nSPS) is 20.5. The van der Waals surface area contributed by atoms with Gasteiger partial charge in [-0.05, 0) is 96.7 Å². The van der Waals surface area contributed by atoms with Crippen LogP contribution in [0.1, 0.15) is 65.0 Å². The first-order valence-corrected chi connectivity index (χ1v) is 17.9. The second-order valence-corrected chi connectivity index (χ2v) is 13.4. The highest BCUT2D eigenvalue weighted by molar-refractivity contribution is 5.55. The maximum absolute atomic E-state index is 16.0. The van der Waals surface area contributed by atoms with Crippen LogP contribution in [0.2, 0.25) is 0 Å². The van der Waals surface area contributed by atoms with Crippen molar-refractivity contribution in [2.24, 2.45) is 0 Å². The molecule has 0 spiro atoms. The van der Waals surface area contributed by atoms with Gasteiger partial charge in [-0.2, -0.15) is 18.1 Å². The highest BCUT2D eigenvalue weighted by Gasteiger charge is 2.65. The average molecular weight is 717 g/mol. The van der Waals surface area contributed by atoms with E-state index in [0.717, 1.165) is 36.8 Å². The van der Waals surface area contributed by atoms with Gasteiger partial charge in [-0.15, -0.1) is 6.58 Å². The molecule has 52 heavy (non-hydrogen) atoms. The summed E-state index contributed by atoms with van der Waals surface area (Å²) in [4.78, 5) is 21.0. The first-order chi connectivity index (χ1) is 25.4. The Morgan fingerprint density at radius 3 is 2.35 bits per heavy atom. The summed E-state index contributed by atoms with van der Waals surface area (Å²) in [6, 6.07) is 26.2. The third kappa shape index (κ3) is 7.43. The molecule has 7 nitrogen and oxygen atoms in total. The summed E-state index contributed by atoms with van der Waals surface area (Å²) in [6.45, 7) is 3.65. The molecule has 1 unspecified atom stereocenters. The maximum Gasteiger partial charge on any atom is 0.406 e. The van der Waals surface area contributed by atoms with Gasteiger partial charge in [0.25, 0.3) is 0 Å². The summed E-state index contributed by atoms with van der Waals surface area (Å²) in [5.74, 6) is 0.918. The van der Waals surface area contributed by atoms with Crippen LogP contribution in [0.4, 0.5) is 13.2 Å². The van der Waals surface area contributed by atoms with E-state index in [-0.39, 0.29) is 17.2 Å². The van der Waals surface area contributed by atoms with Crippen LogP contribution in [0.15, 0.2) is 104 Å². The van der Waals surface area contributed by atoms with Gasteiger partial charge in [-0.1, -0.05) is 66.7 Å². The molecule has 1 heterocycles. The molecule has 3 aliphatic rings. The molecule has 274 valence electrons. The van der Waals surface area contributed by atoms with Crippen molar-refractivity contribution in [3.63, 3.8) is 0 Å². The number of fused-ring (bicyclic) bond motifs is 7. The molecular formula is C42H43F3O7. The van der Waals surface area contributed by atoms with E-state index in [9.17, 15) is 0 Å². The predicted octanol–water partition coefficient (Wildman–Crippen LogP) is 9.16. The lowest BCUT2D eigenvalue weighted by Crippen LogP contribution is -2.59. The van der Waals surface area contributed by atoms with E-state index in [2.05, 4.69) is 18.7 Å². The molecule has 0 aromatic heterocycles. The molecular weight excluding hydrogens is 673 g/mol. The second kappa shape index (κ2) is 16.1. The van der Waals surface area contributed by atoms with Gasteiger partial charge < -0.3 is 19.1 Å². The van der Waals surface area contributed by atoms with Crippen LogP contribution in [-0.4, -0.2) is 45.0 Å². The van der Waals surface area contributed by atoms with Crippen molar-refractivity contribution in [3.8, 4) is 17.2 Å². The van der Waals surface area contributed by atoms with Crippen LogP contribution in [0.25, 0.3) is 0 Å². The zero-order valence-corrected chi connectivity index (χ0v) is 28.9. The van der Waals surface area contributed by atoms with E-state index in [1.54, 1.807) is 48.5 Å². The quantitative estimate of drug-likeness (QED) is 0.0558. The molecule has 4 atom stereocenters. The van der Waals surface area contributed by atoms with Crippen molar-refractivity contribution < 1.29 is 46.9 Å². The molecule has 0 bridgehead atoms. The Morgan fingerprint density at radius 2 is 1.54 bits per heavy atom. The number of rotatable bonds is 14. The molecule has 4 aromatic rings. The Hall–Kier alpha value is -4.35. The number of ether oxygens (including phenoxy) is 3. The molecule has 10 heteroatoms. The number of hydrogen-bond acceptors (Lipinski definition) is 7. The SMILES string of the molecule is C=CCOOCCCOc1ccc(OOC[C@](c2ccccc2)(C2Oc3ccc4c(c3[C@H]3c5ccccc5CC[C@H]3O2)CCCC4)C(F)(F)F)cc1. The molecule has 7 rings (SSSR count). The van der Waals surface area contributed by atoms with Gasteiger partial charge in [0.15, 0.2) is 11.2 Å². The average Bonchev–Trinajstić information content (AvgIpc) is 3.34. The van der Waals surface area contributed by atoms with Crippen LogP contribution in [0.3, 0.4) is 0 Å². The van der Waals surface area contributed by atoms with E-state index in [4.69, 9.17) is 33.8 Å². The molecule has 2 aliphatic carbocycles. The van der Waals surface area contributed by atoms with E-state index < -0.39 is 30.6 Å². The van der Waals surface area contributed by atoms with E-state index >= 15 is 13.2 Å². The molecule has 0 fully saturated rings. The molecule has 0 saturated carbocycles. The van der Waals surface area contributed by atoms with Gasteiger partial charge in [-0.3, -0.25) is 0 Å². The summed E-state index contributed by atoms with van der Waals surface area (Å²) in [5, 5.41) is 0. The molecule has 0 N–H and O–H groups in total. The third-order valence-electron chi connectivity index (χ3n) is 10.2. The van der Waals surface area contributed by atoms with Crippen LogP contribution < -0.4 is 14.4 Å². The van der Waals surface area contributed by atoms with Gasteiger partial charge in [0.2, 0.25) is 6.29 Å². The van der Waals surface area contributed by atoms with Gasteiger partial charge in [0, 0.05) is 17.9 Å². The number of benzene rings is 4. The summed E-state index contributed by atoms with van der Waals surface area (Å²) in [6.07, 6.45) is 0.0850. The Bertz CT molecular complexity index is 1800. The number of alkyl halides is 3. The van der Waals surface area contributed by atoms with Crippen molar-refractivity contribution in [2.75, 3.05) is 26.4 Å². The smallest absolute Gasteiger partial charge is 0.406 e. The predicted molar refractivity (Wildman–Crippen MR) is 188 cm³/mol. The second-order valence-electron chi connectivity index (χ2n) is 13.4. The van der Waals surface area contributed by atoms with Crippen LogP contribution in [0, 0.1) is 0 Å². The third-order valence-corrected chi connectivity index (χ3v) is 10.2. The van der Waals surface area contributed by atoms with Crippen LogP contribution in [-0.2, 0) is 44.1 Å². The lowest BCUT2D eigenvalue weighted by Gasteiger charge is -2.42. The van der Waals surface area contributed by atoms with E-state index in [0.29, 0.717) is 50.6 Å². The first kappa shape index (κ1) is 36.0. The van der Waals surface area contributed by atoms with Crippen molar-refractivity contribution in [1.29, 1.82) is 0 Å². The Labute approximate surface area is 302 Å². The molecule has 0 amide bonds. The maximum atomic E-state index is 16.0. The summed E-state index contributed by atoms with van der Waals surface area (Å²) in [7, 11) is 0. The largest absolute Gasteiger partial charge is 0.494 e. The topological polar surface area (TPSA) is 64.6 Å². The van der Waals surface area contributed by atoms with Gasteiger partial charge in [-0.25, -0.2) is 9.78 Å². The number of aryl methyl sites for hydroxylation is 2. The van der Waals surface area contributed by atoms with Crippen molar-refractivity contribution in [3.05, 3.63) is 137 Å². The first-order valence-electron chi connectivity index (χ1n) is 17.9. The summed E-state index contributed by atoms with van der Waals surface area (Å²) >= 11 is 0. The van der Waals surface area contributed by atoms with Crippen LogP contribution >= 0.6 is 0 Å². The van der Waals surface area contributed by atoms with Crippen molar-refractivity contribution >= 4 is 0 Å². The lowest BCUT2D eigenvalue weighted by atomic mass is 9.73. The fourth-order valence-electron chi connectivity index (χ4n) is 7.66. The van der Waals surface area contributed by atoms with Crippen molar-refractivity contribution in [1.82, 2.24) is 0 Å². The van der Waals surface area contributed by atoms with Crippen molar-refractivity contribution in [2.45, 2.75) is 74.8 Å². The minimum absolute atomic E-state index is 0.0483. The fraction of sp³-hybridized carbons (Fsp3) is 0.381. The Morgan fingerprint density at radius 1 is 0.769 bits per heavy atom. The summed E-state index contributed by atoms with van der Waals surface area (Å²) < 4.78 is 66.8.